The van der Waals surface area contributed by atoms with Crippen LogP contribution in [0, 0.1) is 0 Å². The molecule has 0 fully saturated rings. The Morgan fingerprint density at radius 3 is 1.96 bits per heavy atom. The molecule has 116 valence electrons. The van der Waals surface area contributed by atoms with Crippen LogP contribution in [0.25, 0.3) is 6.58 Å². The molecule has 3 aromatic rings. The second-order valence-electron chi connectivity index (χ2n) is 5.42. The van der Waals surface area contributed by atoms with E-state index in [4.69, 9.17) is 0 Å². The van der Waals surface area contributed by atoms with Crippen molar-refractivity contribution in [2.45, 2.75) is 0 Å². The molecule has 0 radical (unpaired) electrons. The van der Waals surface area contributed by atoms with Crippen LogP contribution in [0.4, 0.5) is 28.4 Å². The highest BCUT2D eigenvalue weighted by atomic mass is 15.4. The Labute approximate surface area is 139 Å². The molecule has 1 aliphatic heterocycles. The molecular weight excluding hydrogens is 298 g/mol. The number of nitrogens with one attached hydrogen (secondary N) is 2. The number of para-hydroxylation sites is 2. The minimum Gasteiger partial charge on any atom is -0.353 e. The van der Waals surface area contributed by atoms with Crippen molar-refractivity contribution in [1.82, 2.24) is 0 Å². The van der Waals surface area contributed by atoms with Crippen molar-refractivity contribution in [1.29, 1.82) is 0 Å². The molecule has 0 aromatic heterocycles. The van der Waals surface area contributed by atoms with Gasteiger partial charge in [-0.05, 0) is 40.8 Å². The normalized spacial score (nSPS) is 11.7. The Kier molecular flexibility index (Phi) is 3.51. The monoisotopic (exact) mass is 313 g/mol. The van der Waals surface area contributed by atoms with Crippen LogP contribution in [0.1, 0.15) is 0 Å². The molecule has 0 saturated carbocycles. The molecule has 5 heteroatoms. The van der Waals surface area contributed by atoms with Crippen molar-refractivity contribution >= 4 is 35.0 Å². The number of hydrogen-bond donors (Lipinski definition) is 2. The van der Waals surface area contributed by atoms with Crippen molar-refractivity contribution in [2.24, 2.45) is 15.4 Å². The first-order valence-electron chi connectivity index (χ1n) is 7.60. The fraction of sp³-hybridized carbons (Fsp3) is 0. The lowest BCUT2D eigenvalue weighted by molar-refractivity contribution is 1.08. The van der Waals surface area contributed by atoms with E-state index in [-0.39, 0.29) is 0 Å². The highest BCUT2D eigenvalue weighted by Crippen LogP contribution is 2.26. The van der Waals surface area contributed by atoms with Crippen molar-refractivity contribution in [2.75, 3.05) is 10.6 Å². The first-order chi connectivity index (χ1) is 11.8. The summed E-state index contributed by atoms with van der Waals surface area (Å²) >= 11 is 0. The Balaban J connectivity index is 1.85. The smallest absolute Gasteiger partial charge is 0.141 e. The summed E-state index contributed by atoms with van der Waals surface area (Å²) in [6, 6.07) is 21.8. The topological polar surface area (TPSA) is 61.1 Å². The number of fused-ring (bicyclic) bond motifs is 1. The van der Waals surface area contributed by atoms with E-state index in [0.717, 1.165) is 33.7 Å². The molecule has 3 aromatic carbocycles. The van der Waals surface area contributed by atoms with Crippen LogP contribution in [-0.4, -0.2) is 0 Å². The standard InChI is InChI=1S/C19H15N5/c1-13-12-16-18(23-24-22-16)19(21-15-10-6-3-7-11-15)17(13)20-14-8-4-2-5-9-14/h2-12,20-21H,1H2. The zero-order valence-electron chi connectivity index (χ0n) is 12.9. The summed E-state index contributed by atoms with van der Waals surface area (Å²) in [5.74, 6) is 0. The predicted molar refractivity (Wildman–Crippen MR) is 96.7 cm³/mol. The van der Waals surface area contributed by atoms with E-state index in [1.54, 1.807) is 0 Å². The fourth-order valence-electron chi connectivity index (χ4n) is 2.60. The molecule has 0 atom stereocenters. The van der Waals surface area contributed by atoms with Gasteiger partial charge < -0.3 is 10.6 Å². The summed E-state index contributed by atoms with van der Waals surface area (Å²) in [6.07, 6.45) is 0. The summed E-state index contributed by atoms with van der Waals surface area (Å²) < 4.78 is 0. The molecule has 4 rings (SSSR count). The van der Waals surface area contributed by atoms with Crippen molar-refractivity contribution in [3.05, 3.63) is 77.3 Å². The van der Waals surface area contributed by atoms with Crippen molar-refractivity contribution in [3.63, 3.8) is 0 Å². The lowest BCUT2D eigenvalue weighted by Gasteiger charge is -2.15. The number of nitrogens with zero attached hydrogens (tertiary/aromatic N) is 3. The van der Waals surface area contributed by atoms with E-state index in [9.17, 15) is 0 Å². The zero-order chi connectivity index (χ0) is 16.4. The van der Waals surface area contributed by atoms with Gasteiger partial charge in [0.2, 0.25) is 0 Å². The Morgan fingerprint density at radius 1 is 0.750 bits per heavy atom. The van der Waals surface area contributed by atoms with E-state index >= 15 is 0 Å². The third kappa shape index (κ3) is 2.63. The number of anilines is 4. The lowest BCUT2D eigenvalue weighted by atomic mass is 10.1. The molecule has 1 aliphatic rings. The summed E-state index contributed by atoms with van der Waals surface area (Å²) in [7, 11) is 0. The third-order valence-electron chi connectivity index (χ3n) is 3.74. The minimum absolute atomic E-state index is 0.713. The van der Waals surface area contributed by atoms with E-state index < -0.39 is 0 Å². The Bertz CT molecular complexity index is 1010. The van der Waals surface area contributed by atoms with E-state index in [2.05, 4.69) is 32.7 Å². The predicted octanol–water partition coefficient (Wildman–Crippen LogP) is 4.22. The molecule has 0 aliphatic carbocycles. The van der Waals surface area contributed by atoms with Gasteiger partial charge in [0.05, 0.1) is 11.4 Å². The Hall–Kier alpha value is -3.47. The first-order valence-corrected chi connectivity index (χ1v) is 7.60. The van der Waals surface area contributed by atoms with Crippen LogP contribution in [0.3, 0.4) is 0 Å². The largest absolute Gasteiger partial charge is 0.353 e. The highest BCUT2D eigenvalue weighted by Gasteiger charge is 2.14. The van der Waals surface area contributed by atoms with Gasteiger partial charge in [-0.3, -0.25) is 0 Å². The molecule has 0 bridgehead atoms. The van der Waals surface area contributed by atoms with Gasteiger partial charge in [0.15, 0.2) is 0 Å². The molecule has 0 unspecified atom stereocenters. The summed E-state index contributed by atoms with van der Waals surface area (Å²) in [5.41, 5.74) is 4.34. The lowest BCUT2D eigenvalue weighted by Crippen LogP contribution is -2.18. The van der Waals surface area contributed by atoms with Crippen LogP contribution < -0.4 is 21.2 Å². The van der Waals surface area contributed by atoms with Gasteiger partial charge in [0, 0.05) is 11.4 Å². The van der Waals surface area contributed by atoms with Gasteiger partial charge in [-0.25, -0.2) is 0 Å². The molecular formula is C19H15N5. The molecule has 0 saturated heterocycles. The maximum Gasteiger partial charge on any atom is 0.141 e. The van der Waals surface area contributed by atoms with Gasteiger partial charge in [-0.15, -0.1) is 10.2 Å². The molecule has 2 N–H and O–H groups in total. The molecule has 1 heterocycles. The van der Waals surface area contributed by atoms with E-state index in [0.29, 0.717) is 5.36 Å². The first kappa shape index (κ1) is 14.1. The van der Waals surface area contributed by atoms with E-state index in [1.807, 2.05) is 66.7 Å². The third-order valence-corrected chi connectivity index (χ3v) is 3.74. The second kappa shape index (κ2) is 5.96. The van der Waals surface area contributed by atoms with Gasteiger partial charge in [0.25, 0.3) is 0 Å². The Morgan fingerprint density at radius 2 is 1.33 bits per heavy atom. The molecule has 24 heavy (non-hydrogen) atoms. The number of benzene rings is 3. The van der Waals surface area contributed by atoms with Gasteiger partial charge in [-0.2, -0.15) is 0 Å². The summed E-state index contributed by atoms with van der Waals surface area (Å²) in [5, 5.41) is 20.4. The van der Waals surface area contributed by atoms with Crippen molar-refractivity contribution < 1.29 is 0 Å². The van der Waals surface area contributed by atoms with Crippen LogP contribution in [0.2, 0.25) is 0 Å². The molecule has 5 nitrogen and oxygen atoms in total. The maximum absolute atomic E-state index is 4.17. The quantitative estimate of drug-likeness (QED) is 0.757. The minimum atomic E-state index is 0.713. The van der Waals surface area contributed by atoms with Gasteiger partial charge >= 0.3 is 0 Å². The van der Waals surface area contributed by atoms with Crippen molar-refractivity contribution in [3.8, 4) is 0 Å². The number of rotatable bonds is 4. The van der Waals surface area contributed by atoms with Gasteiger partial charge in [0.1, 0.15) is 11.0 Å². The number of hydrogen-bond acceptors (Lipinski definition) is 5. The zero-order valence-corrected chi connectivity index (χ0v) is 12.9. The fourth-order valence-corrected chi connectivity index (χ4v) is 2.60. The van der Waals surface area contributed by atoms with Crippen LogP contribution in [-0.2, 0) is 0 Å². The maximum atomic E-state index is 4.17. The van der Waals surface area contributed by atoms with Crippen LogP contribution in [0.5, 0.6) is 0 Å². The summed E-state index contributed by atoms with van der Waals surface area (Å²) in [4.78, 5) is 0. The van der Waals surface area contributed by atoms with Crippen LogP contribution >= 0.6 is 0 Å². The van der Waals surface area contributed by atoms with E-state index in [1.165, 1.54) is 0 Å². The SMILES string of the molecule is C=c1cc2c(c(Nc3ccccc3)c1Nc1ccccc1)=NN=N2. The van der Waals surface area contributed by atoms with Crippen LogP contribution in [0.15, 0.2) is 82.2 Å². The summed E-state index contributed by atoms with van der Waals surface area (Å²) in [6.45, 7) is 4.15. The van der Waals surface area contributed by atoms with Gasteiger partial charge in [-0.1, -0.05) is 43.0 Å². The molecule has 0 spiro atoms. The molecule has 0 amide bonds. The second-order valence-corrected chi connectivity index (χ2v) is 5.42. The average molecular weight is 313 g/mol. The highest BCUT2D eigenvalue weighted by molar-refractivity contribution is 5.81. The average Bonchev–Trinajstić information content (AvgIpc) is 3.08.